The lowest BCUT2D eigenvalue weighted by molar-refractivity contribution is 0.301. The molecule has 1 aromatic carbocycles. The van der Waals surface area contributed by atoms with Crippen LogP contribution in [0.2, 0.25) is 0 Å². The highest BCUT2D eigenvalue weighted by molar-refractivity contribution is 5.90. The molecule has 0 bridgehead atoms. The summed E-state index contributed by atoms with van der Waals surface area (Å²) >= 11 is 0. The fourth-order valence-electron chi connectivity index (χ4n) is 3.10. The predicted molar refractivity (Wildman–Crippen MR) is 84.6 cm³/mol. The summed E-state index contributed by atoms with van der Waals surface area (Å²) in [5, 5.41) is 3.47. The van der Waals surface area contributed by atoms with E-state index in [4.69, 9.17) is 0 Å². The Labute approximate surface area is 121 Å². The van der Waals surface area contributed by atoms with Crippen LogP contribution in [0, 0.1) is 0 Å². The number of amidine groups is 1. The van der Waals surface area contributed by atoms with Crippen molar-refractivity contribution in [3.63, 3.8) is 0 Å². The van der Waals surface area contributed by atoms with Crippen LogP contribution in [-0.2, 0) is 0 Å². The number of nitrogens with one attached hydrogen (secondary N) is 1. The van der Waals surface area contributed by atoms with Gasteiger partial charge in [0.15, 0.2) is 0 Å². The molecule has 3 rings (SSSR count). The van der Waals surface area contributed by atoms with E-state index in [1.165, 1.54) is 37.2 Å². The molecular weight excluding hydrogens is 248 g/mol. The quantitative estimate of drug-likeness (QED) is 0.908. The first-order valence-corrected chi connectivity index (χ1v) is 7.55. The highest BCUT2D eigenvalue weighted by Gasteiger charge is 2.29. The highest BCUT2D eigenvalue weighted by atomic mass is 15.2. The third kappa shape index (κ3) is 2.66. The van der Waals surface area contributed by atoms with Gasteiger partial charge in [0.05, 0.1) is 12.6 Å². The standard InChI is InChI=1S/C16H24N4/c1-19(2)14-7-5-13(6-8-14)15(16-17-9-10-18-16)20-11-3-4-12-20/h5-8,15H,3-4,9-12H2,1-2H3,(H,17,18). The summed E-state index contributed by atoms with van der Waals surface area (Å²) in [6, 6.07) is 9.22. The lowest BCUT2D eigenvalue weighted by atomic mass is 10.0. The van der Waals surface area contributed by atoms with Gasteiger partial charge in [-0.05, 0) is 43.6 Å². The fraction of sp³-hybridized carbons (Fsp3) is 0.562. The van der Waals surface area contributed by atoms with Crippen LogP contribution in [0.3, 0.4) is 0 Å². The van der Waals surface area contributed by atoms with Crippen molar-refractivity contribution in [3.05, 3.63) is 29.8 Å². The second kappa shape index (κ2) is 5.83. The molecule has 4 heteroatoms. The Bertz CT molecular complexity index is 472. The molecule has 0 radical (unpaired) electrons. The van der Waals surface area contributed by atoms with Gasteiger partial charge in [0.25, 0.3) is 0 Å². The lowest BCUT2D eigenvalue weighted by Gasteiger charge is -2.28. The van der Waals surface area contributed by atoms with Crippen LogP contribution in [0.15, 0.2) is 29.3 Å². The molecular formula is C16H24N4. The van der Waals surface area contributed by atoms with Crippen LogP contribution in [-0.4, -0.2) is 51.0 Å². The third-order valence-corrected chi connectivity index (χ3v) is 4.19. The van der Waals surface area contributed by atoms with Crippen LogP contribution >= 0.6 is 0 Å². The van der Waals surface area contributed by atoms with Crippen molar-refractivity contribution in [2.45, 2.75) is 18.9 Å². The molecule has 1 atom stereocenters. The summed E-state index contributed by atoms with van der Waals surface area (Å²) in [6.45, 7) is 4.26. The van der Waals surface area contributed by atoms with E-state index in [9.17, 15) is 0 Å². The zero-order valence-electron chi connectivity index (χ0n) is 12.5. The molecule has 0 spiro atoms. The van der Waals surface area contributed by atoms with Gasteiger partial charge in [-0.15, -0.1) is 0 Å². The molecule has 0 aromatic heterocycles. The molecule has 1 N–H and O–H groups in total. The summed E-state index contributed by atoms with van der Waals surface area (Å²) in [6.07, 6.45) is 2.61. The molecule has 0 saturated carbocycles. The lowest BCUT2D eigenvalue weighted by Crippen LogP contribution is -2.37. The van der Waals surface area contributed by atoms with Crippen molar-refractivity contribution in [1.29, 1.82) is 0 Å². The van der Waals surface area contributed by atoms with Crippen molar-refractivity contribution in [2.24, 2.45) is 4.99 Å². The number of benzene rings is 1. The molecule has 2 aliphatic rings. The topological polar surface area (TPSA) is 30.9 Å². The smallest absolute Gasteiger partial charge is 0.119 e. The minimum atomic E-state index is 0.316. The van der Waals surface area contributed by atoms with E-state index in [2.05, 4.69) is 58.5 Å². The summed E-state index contributed by atoms with van der Waals surface area (Å²) in [5.74, 6) is 1.16. The molecule has 108 valence electrons. The minimum absolute atomic E-state index is 0.316. The highest BCUT2D eigenvalue weighted by Crippen LogP contribution is 2.28. The summed E-state index contributed by atoms with van der Waals surface area (Å²) < 4.78 is 0. The summed E-state index contributed by atoms with van der Waals surface area (Å²) in [4.78, 5) is 9.36. The van der Waals surface area contributed by atoms with Crippen LogP contribution in [0.5, 0.6) is 0 Å². The van der Waals surface area contributed by atoms with Crippen molar-refractivity contribution in [2.75, 3.05) is 45.2 Å². The number of nitrogens with zero attached hydrogens (tertiary/aromatic N) is 3. The summed E-state index contributed by atoms with van der Waals surface area (Å²) in [5.41, 5.74) is 2.60. The second-order valence-electron chi connectivity index (χ2n) is 5.83. The Morgan fingerprint density at radius 1 is 1.15 bits per heavy atom. The van der Waals surface area contributed by atoms with Gasteiger partial charge in [0, 0.05) is 26.3 Å². The SMILES string of the molecule is CN(C)c1ccc(C(C2=NCCN2)N2CCCC2)cc1. The Balaban J connectivity index is 1.87. The number of hydrogen-bond donors (Lipinski definition) is 1. The number of hydrogen-bond acceptors (Lipinski definition) is 4. The Kier molecular flexibility index (Phi) is 3.92. The molecule has 20 heavy (non-hydrogen) atoms. The molecule has 1 saturated heterocycles. The Morgan fingerprint density at radius 3 is 2.40 bits per heavy atom. The van der Waals surface area contributed by atoms with Gasteiger partial charge in [0.2, 0.25) is 0 Å². The maximum atomic E-state index is 4.67. The van der Waals surface area contributed by atoms with Gasteiger partial charge in [-0.1, -0.05) is 12.1 Å². The van der Waals surface area contributed by atoms with E-state index in [-0.39, 0.29) is 0 Å². The number of rotatable bonds is 4. The van der Waals surface area contributed by atoms with Crippen LogP contribution in [0.25, 0.3) is 0 Å². The minimum Gasteiger partial charge on any atom is -0.378 e. The maximum Gasteiger partial charge on any atom is 0.119 e. The van der Waals surface area contributed by atoms with Crippen molar-refractivity contribution < 1.29 is 0 Å². The Morgan fingerprint density at radius 2 is 1.85 bits per heavy atom. The van der Waals surface area contributed by atoms with Crippen molar-refractivity contribution in [3.8, 4) is 0 Å². The molecule has 1 aromatic rings. The molecule has 0 aliphatic carbocycles. The van der Waals surface area contributed by atoms with E-state index in [1.54, 1.807) is 0 Å². The average molecular weight is 272 g/mol. The molecule has 2 aliphatic heterocycles. The van der Waals surface area contributed by atoms with E-state index < -0.39 is 0 Å². The molecule has 1 fully saturated rings. The average Bonchev–Trinajstić information content (AvgIpc) is 3.13. The zero-order chi connectivity index (χ0) is 13.9. The van der Waals surface area contributed by atoms with Gasteiger partial charge >= 0.3 is 0 Å². The zero-order valence-corrected chi connectivity index (χ0v) is 12.5. The van der Waals surface area contributed by atoms with Gasteiger partial charge in [0.1, 0.15) is 5.84 Å². The van der Waals surface area contributed by atoms with E-state index >= 15 is 0 Å². The summed E-state index contributed by atoms with van der Waals surface area (Å²) in [7, 11) is 4.16. The molecule has 4 nitrogen and oxygen atoms in total. The monoisotopic (exact) mass is 272 g/mol. The first kappa shape index (κ1) is 13.4. The van der Waals surface area contributed by atoms with Gasteiger partial charge in [-0.25, -0.2) is 0 Å². The van der Waals surface area contributed by atoms with Gasteiger partial charge in [-0.3, -0.25) is 9.89 Å². The second-order valence-corrected chi connectivity index (χ2v) is 5.83. The third-order valence-electron chi connectivity index (χ3n) is 4.19. The van der Waals surface area contributed by atoms with E-state index in [0.717, 1.165) is 18.9 Å². The maximum absolute atomic E-state index is 4.67. The van der Waals surface area contributed by atoms with Crippen LogP contribution in [0.1, 0.15) is 24.4 Å². The number of anilines is 1. The Hall–Kier alpha value is -1.55. The molecule has 0 amide bonds. The van der Waals surface area contributed by atoms with Crippen LogP contribution in [0.4, 0.5) is 5.69 Å². The molecule has 1 unspecified atom stereocenters. The predicted octanol–water partition coefficient (Wildman–Crippen LogP) is 1.89. The largest absolute Gasteiger partial charge is 0.378 e. The first-order chi connectivity index (χ1) is 9.75. The van der Waals surface area contributed by atoms with Gasteiger partial charge in [-0.2, -0.15) is 0 Å². The van der Waals surface area contributed by atoms with Gasteiger partial charge < -0.3 is 10.2 Å². The molecule has 2 heterocycles. The van der Waals surface area contributed by atoms with Crippen LogP contribution < -0.4 is 10.2 Å². The normalized spacial score (nSPS) is 20.6. The van der Waals surface area contributed by atoms with E-state index in [0.29, 0.717) is 6.04 Å². The fourth-order valence-corrected chi connectivity index (χ4v) is 3.10. The first-order valence-electron chi connectivity index (χ1n) is 7.55. The van der Waals surface area contributed by atoms with E-state index in [1.807, 2.05) is 0 Å². The number of aliphatic imine (C=N–C) groups is 1. The van der Waals surface area contributed by atoms with Crippen molar-refractivity contribution >= 4 is 11.5 Å². The van der Waals surface area contributed by atoms with Crippen molar-refractivity contribution in [1.82, 2.24) is 10.2 Å². The number of likely N-dealkylation sites (tertiary alicyclic amines) is 1.